The van der Waals surface area contributed by atoms with Gasteiger partial charge in [0, 0.05) is 24.9 Å². The van der Waals surface area contributed by atoms with Gasteiger partial charge >= 0.3 is 0 Å². The fourth-order valence-corrected chi connectivity index (χ4v) is 5.88. The van der Waals surface area contributed by atoms with Crippen molar-refractivity contribution in [2.24, 2.45) is 5.92 Å². The number of benzene rings is 1. The number of nitrogens with zero attached hydrogens (tertiary/aromatic N) is 3. The summed E-state index contributed by atoms with van der Waals surface area (Å²) < 4.78 is 3.17. The van der Waals surface area contributed by atoms with Crippen LogP contribution in [0.5, 0.6) is 0 Å². The fourth-order valence-electron chi connectivity index (χ4n) is 4.53. The number of carbonyl (C=O) groups excluding carboxylic acids is 1. The number of halogens is 1. The number of nitrogens with one attached hydrogen (secondary N) is 1. The highest BCUT2D eigenvalue weighted by Crippen LogP contribution is 2.42. The van der Waals surface area contributed by atoms with E-state index in [0.29, 0.717) is 17.7 Å². The lowest BCUT2D eigenvalue weighted by Gasteiger charge is -2.27. The first-order valence-corrected chi connectivity index (χ1v) is 11.3. The molecule has 0 bridgehead atoms. The summed E-state index contributed by atoms with van der Waals surface area (Å²) >= 11 is 8.04. The number of carbonyl (C=O) groups is 1. The first-order valence-electron chi connectivity index (χ1n) is 10.1. The van der Waals surface area contributed by atoms with E-state index in [1.54, 1.807) is 17.5 Å². The second-order valence-corrected chi connectivity index (χ2v) is 9.32. The van der Waals surface area contributed by atoms with Crippen molar-refractivity contribution in [2.45, 2.75) is 31.6 Å². The normalized spacial score (nSPS) is 19.4. The van der Waals surface area contributed by atoms with Gasteiger partial charge in [-0.25, -0.2) is 9.97 Å². The lowest BCUT2D eigenvalue weighted by Crippen LogP contribution is -2.25. The van der Waals surface area contributed by atoms with Crippen molar-refractivity contribution >= 4 is 50.8 Å². The molecule has 1 fully saturated rings. The highest BCUT2D eigenvalue weighted by molar-refractivity contribution is 7.22. The molecule has 6 nitrogen and oxygen atoms in total. The number of aromatic nitrogens is 3. The van der Waals surface area contributed by atoms with Gasteiger partial charge in [0.05, 0.1) is 14.6 Å². The Hall–Kier alpha value is -2.64. The summed E-state index contributed by atoms with van der Waals surface area (Å²) in [5.74, 6) is 2.42. The van der Waals surface area contributed by atoms with Crippen LogP contribution >= 0.6 is 22.9 Å². The minimum absolute atomic E-state index is 0.360. The van der Waals surface area contributed by atoms with Gasteiger partial charge in [-0.15, -0.1) is 11.3 Å². The number of nitrogen functional groups attached to an aromatic ring is 1. The number of anilines is 1. The molecular weight excluding hydrogens is 418 g/mol. The predicted octanol–water partition coefficient (Wildman–Crippen LogP) is 4.87. The summed E-state index contributed by atoms with van der Waals surface area (Å²) in [6.45, 7) is 0.753. The smallest absolute Gasteiger partial charge is 0.207 e. The molecule has 0 radical (unpaired) electrons. The number of hydrogen-bond donors (Lipinski definition) is 2. The third-order valence-corrected chi connectivity index (χ3v) is 7.66. The Labute approximate surface area is 183 Å². The van der Waals surface area contributed by atoms with Crippen LogP contribution in [0, 0.1) is 5.92 Å². The molecule has 0 unspecified atom stereocenters. The molecule has 3 aromatic heterocycles. The summed E-state index contributed by atoms with van der Waals surface area (Å²) in [6.07, 6.45) is 8.72. The van der Waals surface area contributed by atoms with E-state index in [9.17, 15) is 4.79 Å². The Kier molecular flexibility index (Phi) is 5.08. The third-order valence-electron chi connectivity index (χ3n) is 6.04. The van der Waals surface area contributed by atoms with E-state index >= 15 is 0 Å². The van der Waals surface area contributed by atoms with Crippen molar-refractivity contribution in [1.82, 2.24) is 19.7 Å². The minimum atomic E-state index is 0.360. The monoisotopic (exact) mass is 439 g/mol. The zero-order chi connectivity index (χ0) is 20.7. The Morgan fingerprint density at radius 2 is 2.13 bits per heavy atom. The standard InChI is InChI=1S/C22H22ClN5OS/c23-16-3-1-2-15-10-17(30-20(15)16)18-19-21(24)26-8-9-28(19)22(27-18)14-6-4-13(5-7-14)11-25-12-29/h1-3,8-10,12-14H,4-7,11H2,(H2,24,26)(H,25,29). The van der Waals surface area contributed by atoms with Gasteiger partial charge in [-0.2, -0.15) is 0 Å². The lowest BCUT2D eigenvalue weighted by molar-refractivity contribution is -0.109. The van der Waals surface area contributed by atoms with Crippen molar-refractivity contribution in [1.29, 1.82) is 0 Å². The van der Waals surface area contributed by atoms with Gasteiger partial charge in [-0.05, 0) is 49.1 Å². The summed E-state index contributed by atoms with van der Waals surface area (Å²) in [6, 6.07) is 8.07. The molecule has 4 aromatic rings. The van der Waals surface area contributed by atoms with Crippen LogP contribution in [0.15, 0.2) is 36.7 Å². The quantitative estimate of drug-likeness (QED) is 0.434. The van der Waals surface area contributed by atoms with E-state index in [-0.39, 0.29) is 0 Å². The molecular formula is C22H22ClN5OS. The molecule has 5 rings (SSSR count). The van der Waals surface area contributed by atoms with Gasteiger partial charge in [0.15, 0.2) is 0 Å². The van der Waals surface area contributed by atoms with E-state index < -0.39 is 0 Å². The molecule has 8 heteroatoms. The minimum Gasteiger partial charge on any atom is -0.382 e. The molecule has 1 aromatic carbocycles. The summed E-state index contributed by atoms with van der Waals surface area (Å²) in [4.78, 5) is 21.1. The van der Waals surface area contributed by atoms with Gasteiger partial charge in [-0.3, -0.25) is 9.20 Å². The summed E-state index contributed by atoms with van der Waals surface area (Å²) in [5, 5.41) is 4.67. The van der Waals surface area contributed by atoms with E-state index in [1.807, 2.05) is 18.3 Å². The van der Waals surface area contributed by atoms with Crippen molar-refractivity contribution in [3.63, 3.8) is 0 Å². The number of rotatable bonds is 5. The average Bonchev–Trinajstić information content (AvgIpc) is 3.36. The maximum absolute atomic E-state index is 10.6. The zero-order valence-corrected chi connectivity index (χ0v) is 17.9. The highest BCUT2D eigenvalue weighted by atomic mass is 35.5. The molecule has 1 saturated carbocycles. The molecule has 1 amide bonds. The number of imidazole rings is 1. The summed E-state index contributed by atoms with van der Waals surface area (Å²) in [7, 11) is 0. The van der Waals surface area contributed by atoms with E-state index in [2.05, 4.69) is 26.8 Å². The van der Waals surface area contributed by atoms with Crippen LogP contribution in [-0.4, -0.2) is 27.3 Å². The second-order valence-electron chi connectivity index (χ2n) is 7.86. The van der Waals surface area contributed by atoms with Gasteiger partial charge in [0.2, 0.25) is 6.41 Å². The van der Waals surface area contributed by atoms with E-state index in [4.69, 9.17) is 22.3 Å². The van der Waals surface area contributed by atoms with Gasteiger partial charge in [-0.1, -0.05) is 23.7 Å². The Morgan fingerprint density at radius 1 is 1.30 bits per heavy atom. The summed E-state index contributed by atoms with van der Waals surface area (Å²) in [5.41, 5.74) is 8.04. The Morgan fingerprint density at radius 3 is 2.90 bits per heavy atom. The van der Waals surface area contributed by atoms with Crippen LogP contribution < -0.4 is 11.1 Å². The van der Waals surface area contributed by atoms with E-state index in [1.165, 1.54) is 0 Å². The Balaban J connectivity index is 1.56. The molecule has 0 aliphatic heterocycles. The van der Waals surface area contributed by atoms with Crippen LogP contribution in [0.3, 0.4) is 0 Å². The average molecular weight is 440 g/mol. The first-order chi connectivity index (χ1) is 14.7. The molecule has 0 spiro atoms. The third kappa shape index (κ3) is 3.32. The van der Waals surface area contributed by atoms with Crippen molar-refractivity contribution in [3.8, 4) is 10.6 Å². The molecule has 3 heterocycles. The SMILES string of the molecule is Nc1nccn2c(C3CCC(CNC=O)CC3)nc(-c3cc4cccc(Cl)c4s3)c12. The molecule has 0 atom stereocenters. The molecule has 3 N–H and O–H groups in total. The number of thiophene rings is 1. The van der Waals surface area contributed by atoms with Crippen LogP contribution in [0.25, 0.3) is 26.2 Å². The number of amides is 1. The van der Waals surface area contributed by atoms with Crippen molar-refractivity contribution in [3.05, 3.63) is 47.5 Å². The van der Waals surface area contributed by atoms with Crippen LogP contribution in [-0.2, 0) is 4.79 Å². The largest absolute Gasteiger partial charge is 0.382 e. The molecule has 1 aliphatic rings. The van der Waals surface area contributed by atoms with Crippen molar-refractivity contribution < 1.29 is 4.79 Å². The highest BCUT2D eigenvalue weighted by Gasteiger charge is 2.28. The second kappa shape index (κ2) is 7.89. The number of hydrogen-bond acceptors (Lipinski definition) is 5. The van der Waals surface area contributed by atoms with Crippen LogP contribution in [0.1, 0.15) is 37.4 Å². The fraction of sp³-hybridized carbons (Fsp3) is 0.318. The lowest BCUT2D eigenvalue weighted by atomic mass is 9.81. The maximum Gasteiger partial charge on any atom is 0.207 e. The van der Waals surface area contributed by atoms with E-state index in [0.717, 1.165) is 75.7 Å². The Bertz CT molecular complexity index is 1230. The zero-order valence-electron chi connectivity index (χ0n) is 16.3. The molecule has 1 aliphatic carbocycles. The van der Waals surface area contributed by atoms with Crippen molar-refractivity contribution in [2.75, 3.05) is 12.3 Å². The molecule has 30 heavy (non-hydrogen) atoms. The predicted molar refractivity (Wildman–Crippen MR) is 122 cm³/mol. The van der Waals surface area contributed by atoms with Crippen LogP contribution in [0.4, 0.5) is 5.82 Å². The van der Waals surface area contributed by atoms with Gasteiger partial charge in [0.1, 0.15) is 22.9 Å². The first kappa shape index (κ1) is 19.3. The maximum atomic E-state index is 10.6. The van der Waals surface area contributed by atoms with Crippen LogP contribution in [0.2, 0.25) is 5.02 Å². The van der Waals surface area contributed by atoms with Gasteiger partial charge < -0.3 is 11.1 Å². The molecule has 0 saturated heterocycles. The number of fused-ring (bicyclic) bond motifs is 2. The topological polar surface area (TPSA) is 85.3 Å². The van der Waals surface area contributed by atoms with Gasteiger partial charge in [0.25, 0.3) is 0 Å². The molecule has 154 valence electrons. The number of nitrogens with two attached hydrogens (primary N) is 1.